The first-order chi connectivity index (χ1) is 26.2. The van der Waals surface area contributed by atoms with E-state index in [1.54, 1.807) is 44.8 Å². The van der Waals surface area contributed by atoms with Gasteiger partial charge in [-0.2, -0.15) is 0 Å². The second-order valence-electron chi connectivity index (χ2n) is 13.8. The molecule has 2 saturated heterocycles. The number of ketones is 1. The van der Waals surface area contributed by atoms with Gasteiger partial charge in [-0.3, -0.25) is 9.59 Å². The third-order valence-corrected chi connectivity index (χ3v) is 9.96. The molecule has 2 aromatic heterocycles. The van der Waals surface area contributed by atoms with Gasteiger partial charge in [-0.1, -0.05) is 42.5 Å². The van der Waals surface area contributed by atoms with E-state index in [0.717, 1.165) is 46.2 Å². The number of nitrogens with zero attached hydrogens (tertiary/aromatic N) is 2. The molecule has 1 unspecified atom stereocenters. The number of nitrogens with two attached hydrogens (primary N) is 1. The van der Waals surface area contributed by atoms with Crippen LogP contribution in [-0.2, 0) is 27.2 Å². The molecule has 0 aliphatic carbocycles. The lowest BCUT2D eigenvalue weighted by Crippen LogP contribution is -2.33. The van der Waals surface area contributed by atoms with Crippen molar-refractivity contribution in [2.75, 3.05) is 52.5 Å². The van der Waals surface area contributed by atoms with Crippen LogP contribution in [0.25, 0.3) is 33.4 Å². The van der Waals surface area contributed by atoms with E-state index in [4.69, 9.17) is 29.4 Å². The van der Waals surface area contributed by atoms with Gasteiger partial charge in [0, 0.05) is 67.0 Å². The topological polar surface area (TPSA) is 124 Å². The molecule has 7 rings (SSSR count). The van der Waals surface area contributed by atoms with Crippen molar-refractivity contribution in [3.63, 3.8) is 0 Å². The van der Waals surface area contributed by atoms with E-state index in [0.29, 0.717) is 69.4 Å². The summed E-state index contributed by atoms with van der Waals surface area (Å²) in [5.41, 5.74) is 11.0. The van der Waals surface area contributed by atoms with Crippen molar-refractivity contribution in [3.05, 3.63) is 118 Å². The summed E-state index contributed by atoms with van der Waals surface area (Å²) < 4.78 is 45.3. The normalized spacial score (nSPS) is 16.2. The van der Waals surface area contributed by atoms with Crippen molar-refractivity contribution in [1.29, 1.82) is 0 Å². The summed E-state index contributed by atoms with van der Waals surface area (Å²) in [6, 6.07) is 19.9. The lowest BCUT2D eigenvalue weighted by Gasteiger charge is -2.23. The standard InChI is InChI=1S/C43H44FN3O7/c1-27-3-9-34(38(44)17-27)36-23-47(22-29-11-13-51-14-12-29)24-37(42(36)49)39(48)18-28-4-6-30(7-5-28)35-19-32(21-46-43(35)45)31-8-10-40(41(20-31)50-2)54-26-33-25-52-15-16-53-33/h3-10,17,19-21,23-24,29,33H,11-16,18,22,25-26H2,1-2H3,(H2,45,46). The minimum absolute atomic E-state index is 0.00545. The molecule has 5 aromatic rings. The van der Waals surface area contributed by atoms with Crippen LogP contribution < -0.4 is 20.6 Å². The number of rotatable bonds is 12. The molecule has 2 aliphatic rings. The van der Waals surface area contributed by atoms with Crippen LogP contribution in [-0.4, -0.2) is 68.2 Å². The first-order valence-corrected chi connectivity index (χ1v) is 18.2. The summed E-state index contributed by atoms with van der Waals surface area (Å²) >= 11 is 0. The van der Waals surface area contributed by atoms with Gasteiger partial charge in [0.25, 0.3) is 0 Å². The summed E-state index contributed by atoms with van der Waals surface area (Å²) in [4.78, 5) is 32.1. The SMILES string of the molecule is COc1cc(-c2cnc(N)c(-c3ccc(CC(=O)c4cn(CC5CCOCC5)cc(-c5ccc(C)cc5F)c4=O)cc3)c2)ccc1OCC1COCCO1. The highest BCUT2D eigenvalue weighted by atomic mass is 19.1. The van der Waals surface area contributed by atoms with Crippen molar-refractivity contribution >= 4 is 11.6 Å². The molecule has 0 bridgehead atoms. The number of methoxy groups -OCH3 is 1. The number of ether oxygens (including phenoxy) is 5. The van der Waals surface area contributed by atoms with Crippen LogP contribution in [0.2, 0.25) is 0 Å². The Kier molecular flexibility index (Phi) is 11.5. The molecular formula is C43H44FN3O7. The van der Waals surface area contributed by atoms with Crippen molar-refractivity contribution in [2.45, 2.75) is 38.8 Å². The maximum atomic E-state index is 15.2. The van der Waals surface area contributed by atoms with Crippen LogP contribution in [0.15, 0.2) is 90.1 Å². The Labute approximate surface area is 313 Å². The van der Waals surface area contributed by atoms with Crippen LogP contribution in [0.5, 0.6) is 11.5 Å². The van der Waals surface area contributed by atoms with Crippen molar-refractivity contribution < 1.29 is 32.9 Å². The molecular weight excluding hydrogens is 689 g/mol. The van der Waals surface area contributed by atoms with Gasteiger partial charge in [0.15, 0.2) is 22.7 Å². The molecule has 0 saturated carbocycles. The monoisotopic (exact) mass is 733 g/mol. The first-order valence-electron chi connectivity index (χ1n) is 18.2. The van der Waals surface area contributed by atoms with Gasteiger partial charge in [0.05, 0.1) is 32.5 Å². The highest BCUT2D eigenvalue weighted by Gasteiger charge is 2.22. The van der Waals surface area contributed by atoms with E-state index in [9.17, 15) is 9.59 Å². The zero-order valence-corrected chi connectivity index (χ0v) is 30.5. The van der Waals surface area contributed by atoms with Crippen LogP contribution in [0.1, 0.15) is 34.3 Å². The lowest BCUT2D eigenvalue weighted by atomic mass is 9.96. The first kappa shape index (κ1) is 37.0. The highest BCUT2D eigenvalue weighted by molar-refractivity contribution is 5.98. The Balaban J connectivity index is 1.10. The van der Waals surface area contributed by atoms with Gasteiger partial charge in [-0.05, 0) is 72.2 Å². The summed E-state index contributed by atoms with van der Waals surface area (Å²) in [5, 5.41) is 0. The van der Waals surface area contributed by atoms with Crippen LogP contribution >= 0.6 is 0 Å². The number of Topliss-reactive ketones (excluding diaryl/α,β-unsaturated/α-hetero) is 1. The Hall–Kier alpha value is -5.36. The molecule has 280 valence electrons. The van der Waals surface area contributed by atoms with E-state index < -0.39 is 11.2 Å². The average Bonchev–Trinajstić information content (AvgIpc) is 3.19. The number of hydrogen-bond donors (Lipinski definition) is 1. The van der Waals surface area contributed by atoms with Gasteiger partial charge >= 0.3 is 0 Å². The number of hydrogen-bond acceptors (Lipinski definition) is 9. The molecule has 0 radical (unpaired) electrons. The van der Waals surface area contributed by atoms with Gasteiger partial charge in [0.2, 0.25) is 0 Å². The third-order valence-electron chi connectivity index (χ3n) is 9.96. The smallest absolute Gasteiger partial charge is 0.200 e. The number of carbonyl (C=O) groups excluding carboxylic acids is 1. The quantitative estimate of drug-likeness (QED) is 0.136. The van der Waals surface area contributed by atoms with Gasteiger partial charge in [0.1, 0.15) is 24.3 Å². The number of nitrogen functional groups attached to an aromatic ring is 1. The second-order valence-corrected chi connectivity index (χ2v) is 13.8. The number of pyridine rings is 2. The fourth-order valence-electron chi connectivity index (χ4n) is 6.92. The molecule has 11 heteroatoms. The third kappa shape index (κ3) is 8.54. The predicted octanol–water partition coefficient (Wildman–Crippen LogP) is 6.93. The number of carbonyl (C=O) groups is 1. The zero-order chi connectivity index (χ0) is 37.6. The summed E-state index contributed by atoms with van der Waals surface area (Å²) in [7, 11) is 1.59. The highest BCUT2D eigenvalue weighted by Crippen LogP contribution is 2.35. The minimum Gasteiger partial charge on any atom is -0.493 e. The van der Waals surface area contributed by atoms with E-state index in [-0.39, 0.29) is 35.0 Å². The number of aromatic nitrogens is 2. The number of anilines is 1. The van der Waals surface area contributed by atoms with Crippen LogP contribution in [0.3, 0.4) is 0 Å². The van der Waals surface area contributed by atoms with Gasteiger partial charge in [-0.25, -0.2) is 9.37 Å². The van der Waals surface area contributed by atoms with E-state index in [1.807, 2.05) is 53.1 Å². The van der Waals surface area contributed by atoms with Crippen LogP contribution in [0, 0.1) is 18.7 Å². The summed E-state index contributed by atoms with van der Waals surface area (Å²) in [6.07, 6.45) is 6.61. The lowest BCUT2D eigenvalue weighted by molar-refractivity contribution is -0.101. The van der Waals surface area contributed by atoms with Gasteiger partial charge < -0.3 is 34.0 Å². The van der Waals surface area contributed by atoms with Crippen molar-refractivity contribution in [2.24, 2.45) is 5.92 Å². The largest absolute Gasteiger partial charge is 0.493 e. The molecule has 54 heavy (non-hydrogen) atoms. The van der Waals surface area contributed by atoms with E-state index in [1.165, 1.54) is 6.07 Å². The maximum absolute atomic E-state index is 15.2. The molecule has 3 aromatic carbocycles. The Morgan fingerprint density at radius 2 is 1.69 bits per heavy atom. The Morgan fingerprint density at radius 1 is 0.889 bits per heavy atom. The number of aryl methyl sites for hydroxylation is 1. The van der Waals surface area contributed by atoms with Crippen molar-refractivity contribution in [1.82, 2.24) is 9.55 Å². The second kappa shape index (κ2) is 16.8. The van der Waals surface area contributed by atoms with Gasteiger partial charge in [-0.15, -0.1) is 0 Å². The number of halogens is 1. The molecule has 0 amide bonds. The maximum Gasteiger partial charge on any atom is 0.200 e. The molecule has 0 spiro atoms. The fourth-order valence-corrected chi connectivity index (χ4v) is 6.92. The molecule has 10 nitrogen and oxygen atoms in total. The molecule has 2 aliphatic heterocycles. The average molecular weight is 734 g/mol. The molecule has 4 heterocycles. The Morgan fingerprint density at radius 3 is 2.43 bits per heavy atom. The summed E-state index contributed by atoms with van der Waals surface area (Å²) in [5.74, 6) is 1.01. The zero-order valence-electron chi connectivity index (χ0n) is 30.5. The van der Waals surface area contributed by atoms with Crippen molar-refractivity contribution in [3.8, 4) is 44.9 Å². The molecule has 2 fully saturated rings. The predicted molar refractivity (Wildman–Crippen MR) is 205 cm³/mol. The summed E-state index contributed by atoms with van der Waals surface area (Å²) in [6.45, 7) is 5.70. The van der Waals surface area contributed by atoms with Crippen LogP contribution in [0.4, 0.5) is 10.2 Å². The molecule has 2 N–H and O–H groups in total. The number of benzene rings is 3. The van der Waals surface area contributed by atoms with E-state index >= 15 is 4.39 Å². The molecule has 1 atom stereocenters. The van der Waals surface area contributed by atoms with E-state index in [2.05, 4.69) is 4.98 Å². The fraction of sp³-hybridized carbons (Fsp3) is 0.326. The Bertz CT molecular complexity index is 2170. The minimum atomic E-state index is -0.496.